The van der Waals surface area contributed by atoms with Crippen LogP contribution in [0.3, 0.4) is 0 Å². The first-order chi connectivity index (χ1) is 9.23. The Bertz CT molecular complexity index is 377. The van der Waals surface area contributed by atoms with E-state index >= 15 is 0 Å². The molecular weight excluding hydrogens is 248 g/mol. The summed E-state index contributed by atoms with van der Waals surface area (Å²) >= 11 is 0. The van der Waals surface area contributed by atoms with Gasteiger partial charge in [0.15, 0.2) is 0 Å². The number of carboxylic acids is 1. The zero-order valence-corrected chi connectivity index (χ0v) is 13.5. The molecule has 1 N–H and O–H groups in total. The van der Waals surface area contributed by atoms with Crippen molar-refractivity contribution in [2.24, 2.45) is 11.8 Å². The maximum atomic E-state index is 10.8. The Balaban J connectivity index is 4.29. The molecule has 0 saturated carbocycles. The second-order valence-electron chi connectivity index (χ2n) is 6.10. The molecular formula is C18H30O2. The van der Waals surface area contributed by atoms with Crippen molar-refractivity contribution in [2.45, 2.75) is 59.8 Å². The van der Waals surface area contributed by atoms with Gasteiger partial charge in [-0.25, -0.2) is 0 Å². The van der Waals surface area contributed by atoms with E-state index in [1.807, 2.05) is 0 Å². The van der Waals surface area contributed by atoms with E-state index in [2.05, 4.69) is 40.0 Å². The maximum absolute atomic E-state index is 10.8. The summed E-state index contributed by atoms with van der Waals surface area (Å²) in [6, 6.07) is 0. The first-order valence-corrected chi connectivity index (χ1v) is 7.42. The minimum atomic E-state index is -0.709. The van der Waals surface area contributed by atoms with Crippen molar-refractivity contribution in [1.29, 1.82) is 0 Å². The molecule has 0 heterocycles. The molecule has 0 saturated heterocycles. The zero-order valence-electron chi connectivity index (χ0n) is 13.5. The molecule has 20 heavy (non-hydrogen) atoms. The maximum Gasteiger partial charge on any atom is 0.306 e. The van der Waals surface area contributed by atoms with Crippen LogP contribution in [0.4, 0.5) is 0 Å². The minimum Gasteiger partial charge on any atom is -0.481 e. The molecule has 0 bridgehead atoms. The van der Waals surface area contributed by atoms with E-state index in [0.29, 0.717) is 12.3 Å². The third kappa shape index (κ3) is 8.73. The lowest BCUT2D eigenvalue weighted by Crippen LogP contribution is -2.09. The number of allylic oxidation sites excluding steroid dienone is 4. The number of hydrogen-bond acceptors (Lipinski definition) is 1. The highest BCUT2D eigenvalue weighted by molar-refractivity contribution is 5.69. The average Bonchev–Trinajstić information content (AvgIpc) is 2.34. The van der Waals surface area contributed by atoms with E-state index < -0.39 is 5.97 Å². The molecule has 0 amide bonds. The SMILES string of the molecule is C=C(C)CC[C@H](C/C=C(/C)CCC(C)C(=O)O)C(=C)C. The predicted octanol–water partition coefficient (Wildman–Crippen LogP) is 5.37. The fraction of sp³-hybridized carbons (Fsp3) is 0.611. The lowest BCUT2D eigenvalue weighted by Gasteiger charge is -2.16. The van der Waals surface area contributed by atoms with E-state index in [0.717, 1.165) is 25.7 Å². The Kier molecular flexibility index (Phi) is 8.94. The fourth-order valence-corrected chi connectivity index (χ4v) is 2.00. The number of hydrogen-bond donors (Lipinski definition) is 1. The predicted molar refractivity (Wildman–Crippen MR) is 86.8 cm³/mol. The van der Waals surface area contributed by atoms with Crippen LogP contribution in [0.5, 0.6) is 0 Å². The Labute approximate surface area is 124 Å². The minimum absolute atomic E-state index is 0.265. The quantitative estimate of drug-likeness (QED) is 0.545. The topological polar surface area (TPSA) is 37.3 Å². The van der Waals surface area contributed by atoms with Crippen LogP contribution in [0.2, 0.25) is 0 Å². The summed E-state index contributed by atoms with van der Waals surface area (Å²) in [5, 5.41) is 8.87. The second kappa shape index (κ2) is 9.57. The van der Waals surface area contributed by atoms with Gasteiger partial charge in [-0.05, 0) is 58.8 Å². The molecule has 0 aliphatic rings. The molecule has 0 aromatic rings. The van der Waals surface area contributed by atoms with Gasteiger partial charge in [0.1, 0.15) is 0 Å². The first-order valence-electron chi connectivity index (χ1n) is 7.42. The lowest BCUT2D eigenvalue weighted by atomic mass is 9.90. The number of carbonyl (C=O) groups is 1. The zero-order chi connectivity index (χ0) is 15.7. The van der Waals surface area contributed by atoms with Gasteiger partial charge < -0.3 is 5.11 Å². The molecule has 0 aliphatic carbocycles. The Hall–Kier alpha value is -1.31. The molecule has 0 spiro atoms. The fourth-order valence-electron chi connectivity index (χ4n) is 2.00. The summed E-state index contributed by atoms with van der Waals surface area (Å²) in [6.45, 7) is 16.0. The Morgan fingerprint density at radius 2 is 1.75 bits per heavy atom. The van der Waals surface area contributed by atoms with Crippen molar-refractivity contribution < 1.29 is 9.90 Å². The van der Waals surface area contributed by atoms with Crippen LogP contribution in [0, 0.1) is 11.8 Å². The standard InChI is InChI=1S/C18H30O2/c1-13(2)7-11-17(14(3)4)12-9-15(5)8-10-16(6)18(19)20/h9,16-17H,1,3,7-8,10-12H2,2,4-6H3,(H,19,20)/b15-9-/t16?,17-/m1/s1. The van der Waals surface area contributed by atoms with Crippen LogP contribution < -0.4 is 0 Å². The van der Waals surface area contributed by atoms with Crippen LogP contribution in [0.15, 0.2) is 36.0 Å². The molecule has 1 unspecified atom stereocenters. The van der Waals surface area contributed by atoms with E-state index in [4.69, 9.17) is 5.11 Å². The Morgan fingerprint density at radius 3 is 2.20 bits per heavy atom. The van der Waals surface area contributed by atoms with Crippen LogP contribution in [-0.2, 0) is 4.79 Å². The molecule has 0 aliphatic heterocycles. The van der Waals surface area contributed by atoms with Crippen molar-refractivity contribution in [1.82, 2.24) is 0 Å². The number of rotatable bonds is 10. The summed E-state index contributed by atoms with van der Waals surface area (Å²) in [5.41, 5.74) is 3.71. The molecule has 2 nitrogen and oxygen atoms in total. The van der Waals surface area contributed by atoms with Crippen LogP contribution in [-0.4, -0.2) is 11.1 Å². The summed E-state index contributed by atoms with van der Waals surface area (Å²) < 4.78 is 0. The summed E-state index contributed by atoms with van der Waals surface area (Å²) in [4.78, 5) is 10.8. The van der Waals surface area contributed by atoms with E-state index in [9.17, 15) is 4.79 Å². The van der Waals surface area contributed by atoms with Gasteiger partial charge in [0, 0.05) is 0 Å². The molecule has 0 rings (SSSR count). The van der Waals surface area contributed by atoms with E-state index in [1.54, 1.807) is 6.92 Å². The third-order valence-electron chi connectivity index (χ3n) is 3.76. The smallest absolute Gasteiger partial charge is 0.306 e. The normalized spacial score (nSPS) is 14.7. The molecule has 0 aromatic carbocycles. The van der Waals surface area contributed by atoms with E-state index in [-0.39, 0.29) is 5.92 Å². The molecule has 0 fully saturated rings. The van der Waals surface area contributed by atoms with Crippen LogP contribution in [0.25, 0.3) is 0 Å². The molecule has 2 atom stereocenters. The van der Waals surface area contributed by atoms with Crippen molar-refractivity contribution in [3.8, 4) is 0 Å². The van der Waals surface area contributed by atoms with Gasteiger partial charge in [-0.15, -0.1) is 6.58 Å². The first kappa shape index (κ1) is 18.7. The highest BCUT2D eigenvalue weighted by Gasteiger charge is 2.11. The monoisotopic (exact) mass is 278 g/mol. The van der Waals surface area contributed by atoms with Gasteiger partial charge in [0.2, 0.25) is 0 Å². The van der Waals surface area contributed by atoms with Crippen LogP contribution in [0.1, 0.15) is 59.8 Å². The van der Waals surface area contributed by atoms with Gasteiger partial charge in [0.25, 0.3) is 0 Å². The van der Waals surface area contributed by atoms with Crippen molar-refractivity contribution in [3.05, 3.63) is 36.0 Å². The van der Waals surface area contributed by atoms with Gasteiger partial charge in [-0.1, -0.05) is 36.3 Å². The van der Waals surface area contributed by atoms with Crippen molar-refractivity contribution >= 4 is 5.97 Å². The van der Waals surface area contributed by atoms with E-state index in [1.165, 1.54) is 16.7 Å². The molecule has 114 valence electrons. The van der Waals surface area contributed by atoms with Crippen LogP contribution >= 0.6 is 0 Å². The van der Waals surface area contributed by atoms with Gasteiger partial charge in [-0.3, -0.25) is 4.79 Å². The van der Waals surface area contributed by atoms with Gasteiger partial charge in [0.05, 0.1) is 5.92 Å². The molecule has 0 aromatic heterocycles. The third-order valence-corrected chi connectivity index (χ3v) is 3.76. The highest BCUT2D eigenvalue weighted by Crippen LogP contribution is 2.23. The largest absolute Gasteiger partial charge is 0.481 e. The van der Waals surface area contributed by atoms with Crippen molar-refractivity contribution in [3.63, 3.8) is 0 Å². The molecule has 2 heteroatoms. The average molecular weight is 278 g/mol. The second-order valence-corrected chi connectivity index (χ2v) is 6.10. The lowest BCUT2D eigenvalue weighted by molar-refractivity contribution is -0.141. The summed E-state index contributed by atoms with van der Waals surface area (Å²) in [6.07, 6.45) is 6.95. The summed E-state index contributed by atoms with van der Waals surface area (Å²) in [5.74, 6) is -0.476. The van der Waals surface area contributed by atoms with Crippen molar-refractivity contribution in [2.75, 3.05) is 0 Å². The number of carboxylic acid groups (broad SMARTS) is 1. The highest BCUT2D eigenvalue weighted by atomic mass is 16.4. The molecule has 0 radical (unpaired) electrons. The van der Waals surface area contributed by atoms with Gasteiger partial charge >= 0.3 is 5.97 Å². The summed E-state index contributed by atoms with van der Waals surface area (Å²) in [7, 11) is 0. The number of aliphatic carboxylic acids is 1. The Morgan fingerprint density at radius 1 is 1.15 bits per heavy atom. The van der Waals surface area contributed by atoms with Gasteiger partial charge in [-0.2, -0.15) is 0 Å².